The number of rotatable bonds is 6. The van der Waals surface area contributed by atoms with E-state index in [0.29, 0.717) is 0 Å². The van der Waals surface area contributed by atoms with Crippen LogP contribution in [-0.2, 0) is 13.1 Å². The van der Waals surface area contributed by atoms with E-state index in [1.807, 2.05) is 24.3 Å². The molecule has 0 atom stereocenters. The van der Waals surface area contributed by atoms with Gasteiger partial charge in [0.2, 0.25) is 0 Å². The van der Waals surface area contributed by atoms with Crippen LogP contribution in [0.2, 0.25) is 5.02 Å². The molecule has 3 heteroatoms. The minimum absolute atomic E-state index is 0.786. The van der Waals surface area contributed by atoms with Crippen LogP contribution in [0.4, 0.5) is 5.69 Å². The lowest BCUT2D eigenvalue weighted by atomic mass is 10.1. The largest absolute Gasteiger partial charge is 0.399 e. The molecule has 0 aliphatic rings. The molecule has 0 saturated carbocycles. The smallest absolute Gasteiger partial charge is 0.0406 e. The number of benzene rings is 2. The van der Waals surface area contributed by atoms with Gasteiger partial charge in [0.05, 0.1) is 0 Å². The van der Waals surface area contributed by atoms with Crippen molar-refractivity contribution in [1.82, 2.24) is 4.90 Å². The number of halogens is 1. The van der Waals surface area contributed by atoms with Crippen molar-refractivity contribution in [3.8, 4) is 0 Å². The third-order valence-corrected chi connectivity index (χ3v) is 3.50. The summed E-state index contributed by atoms with van der Waals surface area (Å²) < 4.78 is 0. The van der Waals surface area contributed by atoms with Crippen molar-refractivity contribution in [2.24, 2.45) is 0 Å². The van der Waals surface area contributed by atoms with Gasteiger partial charge in [-0.05, 0) is 48.4 Å². The molecule has 2 aromatic carbocycles. The maximum atomic E-state index is 5.93. The van der Waals surface area contributed by atoms with E-state index in [0.717, 1.165) is 36.8 Å². The minimum Gasteiger partial charge on any atom is -0.399 e. The Balaban J connectivity index is 2.02. The Morgan fingerprint density at radius 3 is 1.90 bits per heavy atom. The Morgan fingerprint density at radius 1 is 0.900 bits per heavy atom. The second kappa shape index (κ2) is 7.32. The molecule has 2 nitrogen and oxygen atoms in total. The van der Waals surface area contributed by atoms with Gasteiger partial charge in [0.1, 0.15) is 0 Å². The van der Waals surface area contributed by atoms with Gasteiger partial charge in [0.15, 0.2) is 0 Å². The van der Waals surface area contributed by atoms with E-state index < -0.39 is 0 Å². The molecule has 2 rings (SSSR count). The lowest BCUT2D eigenvalue weighted by Crippen LogP contribution is -2.23. The predicted molar refractivity (Wildman–Crippen MR) is 86.7 cm³/mol. The van der Waals surface area contributed by atoms with Gasteiger partial charge in [0, 0.05) is 23.8 Å². The van der Waals surface area contributed by atoms with Gasteiger partial charge in [-0.15, -0.1) is 0 Å². The maximum Gasteiger partial charge on any atom is 0.0406 e. The topological polar surface area (TPSA) is 29.3 Å². The molecule has 2 aromatic rings. The summed E-state index contributed by atoms with van der Waals surface area (Å²) in [4.78, 5) is 2.44. The summed E-state index contributed by atoms with van der Waals surface area (Å²) in [5, 5.41) is 0.786. The van der Waals surface area contributed by atoms with E-state index in [-0.39, 0.29) is 0 Å². The summed E-state index contributed by atoms with van der Waals surface area (Å²) in [5.74, 6) is 0. The first kappa shape index (κ1) is 14.9. The summed E-state index contributed by atoms with van der Waals surface area (Å²) in [6.07, 6.45) is 1.14. The molecule has 0 aliphatic heterocycles. The van der Waals surface area contributed by atoms with Gasteiger partial charge < -0.3 is 5.73 Å². The van der Waals surface area contributed by atoms with Crippen LogP contribution in [0.5, 0.6) is 0 Å². The first-order valence-electron chi connectivity index (χ1n) is 6.98. The fraction of sp³-hybridized carbons (Fsp3) is 0.294. The summed E-state index contributed by atoms with van der Waals surface area (Å²) in [6, 6.07) is 16.2. The Hall–Kier alpha value is -1.51. The van der Waals surface area contributed by atoms with Gasteiger partial charge in [-0.3, -0.25) is 4.90 Å². The Morgan fingerprint density at radius 2 is 1.40 bits per heavy atom. The van der Waals surface area contributed by atoms with Crippen molar-refractivity contribution in [3.05, 3.63) is 64.7 Å². The van der Waals surface area contributed by atoms with Crippen molar-refractivity contribution in [1.29, 1.82) is 0 Å². The van der Waals surface area contributed by atoms with Gasteiger partial charge in [0.25, 0.3) is 0 Å². The third kappa shape index (κ3) is 4.55. The van der Waals surface area contributed by atoms with Crippen LogP contribution in [-0.4, -0.2) is 11.4 Å². The van der Waals surface area contributed by atoms with Gasteiger partial charge >= 0.3 is 0 Å². The molecule has 0 fully saturated rings. The highest BCUT2D eigenvalue weighted by molar-refractivity contribution is 6.30. The molecule has 0 spiro atoms. The number of nitrogens with two attached hydrogens (primary N) is 1. The van der Waals surface area contributed by atoms with Crippen LogP contribution in [0, 0.1) is 0 Å². The molecule has 2 N–H and O–H groups in total. The van der Waals surface area contributed by atoms with Crippen molar-refractivity contribution < 1.29 is 0 Å². The molecule has 0 heterocycles. The van der Waals surface area contributed by atoms with Gasteiger partial charge in [-0.25, -0.2) is 0 Å². The zero-order chi connectivity index (χ0) is 14.4. The highest BCUT2D eigenvalue weighted by atomic mass is 35.5. The number of hydrogen-bond donors (Lipinski definition) is 1. The standard InChI is InChI=1S/C17H21ClN2/c1-2-11-20(12-14-3-7-16(18)8-4-14)13-15-5-9-17(19)10-6-15/h3-10H,2,11-13,19H2,1H3. The van der Waals surface area contributed by atoms with Crippen molar-refractivity contribution >= 4 is 17.3 Å². The molecule has 0 aromatic heterocycles. The van der Waals surface area contributed by atoms with Crippen LogP contribution >= 0.6 is 11.6 Å². The number of hydrogen-bond acceptors (Lipinski definition) is 2. The van der Waals surface area contributed by atoms with E-state index in [4.69, 9.17) is 17.3 Å². The van der Waals surface area contributed by atoms with Crippen LogP contribution in [0.3, 0.4) is 0 Å². The van der Waals surface area contributed by atoms with Crippen molar-refractivity contribution in [2.45, 2.75) is 26.4 Å². The van der Waals surface area contributed by atoms with Crippen LogP contribution in [0.1, 0.15) is 24.5 Å². The van der Waals surface area contributed by atoms with E-state index >= 15 is 0 Å². The maximum absolute atomic E-state index is 5.93. The highest BCUT2D eigenvalue weighted by Gasteiger charge is 2.06. The minimum atomic E-state index is 0.786. The van der Waals surface area contributed by atoms with Crippen molar-refractivity contribution in [2.75, 3.05) is 12.3 Å². The number of nitrogens with zero attached hydrogens (tertiary/aromatic N) is 1. The van der Waals surface area contributed by atoms with Crippen LogP contribution in [0.15, 0.2) is 48.5 Å². The summed E-state index contributed by atoms with van der Waals surface area (Å²) >= 11 is 5.93. The van der Waals surface area contributed by atoms with Gasteiger partial charge in [-0.2, -0.15) is 0 Å². The SMILES string of the molecule is CCCN(Cc1ccc(N)cc1)Cc1ccc(Cl)cc1. The van der Waals surface area contributed by atoms with Gasteiger partial charge in [-0.1, -0.05) is 42.8 Å². The summed E-state index contributed by atoms with van der Waals surface area (Å²) in [5.41, 5.74) is 9.12. The molecule has 0 amide bonds. The van der Waals surface area contributed by atoms with Crippen LogP contribution < -0.4 is 5.73 Å². The molecule has 106 valence electrons. The molecule has 0 saturated heterocycles. The molecule has 0 radical (unpaired) electrons. The van der Waals surface area contributed by atoms with Crippen LogP contribution in [0.25, 0.3) is 0 Å². The monoisotopic (exact) mass is 288 g/mol. The molecule has 0 bridgehead atoms. The fourth-order valence-corrected chi connectivity index (χ4v) is 2.39. The van der Waals surface area contributed by atoms with E-state index in [2.05, 4.69) is 36.1 Å². The Labute approximate surface area is 126 Å². The number of anilines is 1. The normalized spacial score (nSPS) is 10.9. The fourth-order valence-electron chi connectivity index (χ4n) is 2.26. The van der Waals surface area contributed by atoms with E-state index in [1.54, 1.807) is 0 Å². The zero-order valence-corrected chi connectivity index (χ0v) is 12.6. The number of nitrogen functional groups attached to an aromatic ring is 1. The highest BCUT2D eigenvalue weighted by Crippen LogP contribution is 2.14. The predicted octanol–water partition coefficient (Wildman–Crippen LogP) is 4.33. The average Bonchev–Trinajstić information content (AvgIpc) is 2.44. The quantitative estimate of drug-likeness (QED) is 0.802. The third-order valence-electron chi connectivity index (χ3n) is 3.25. The summed E-state index contributed by atoms with van der Waals surface area (Å²) in [7, 11) is 0. The molecular formula is C17H21ClN2. The van der Waals surface area contributed by atoms with Crippen molar-refractivity contribution in [3.63, 3.8) is 0 Å². The van der Waals surface area contributed by atoms with E-state index in [1.165, 1.54) is 11.1 Å². The summed E-state index contributed by atoms with van der Waals surface area (Å²) in [6.45, 7) is 5.16. The lowest BCUT2D eigenvalue weighted by molar-refractivity contribution is 0.257. The Kier molecular flexibility index (Phi) is 5.45. The first-order valence-corrected chi connectivity index (χ1v) is 7.36. The Bertz CT molecular complexity index is 472. The molecule has 0 unspecified atom stereocenters. The molecule has 0 aliphatic carbocycles. The zero-order valence-electron chi connectivity index (χ0n) is 11.8. The average molecular weight is 289 g/mol. The second-order valence-electron chi connectivity index (χ2n) is 5.08. The molecule has 20 heavy (non-hydrogen) atoms. The molecular weight excluding hydrogens is 268 g/mol. The second-order valence-corrected chi connectivity index (χ2v) is 5.52. The lowest BCUT2D eigenvalue weighted by Gasteiger charge is -2.22. The van der Waals surface area contributed by atoms with E-state index in [9.17, 15) is 0 Å². The first-order chi connectivity index (χ1) is 9.67.